The summed E-state index contributed by atoms with van der Waals surface area (Å²) >= 11 is 0. The van der Waals surface area contributed by atoms with Gasteiger partial charge in [0.25, 0.3) is 0 Å². The van der Waals surface area contributed by atoms with Gasteiger partial charge in [-0.05, 0) is 18.8 Å². The van der Waals surface area contributed by atoms with E-state index in [0.29, 0.717) is 11.6 Å². The van der Waals surface area contributed by atoms with Crippen molar-refractivity contribution in [3.63, 3.8) is 0 Å². The van der Waals surface area contributed by atoms with Crippen molar-refractivity contribution in [1.82, 2.24) is 9.97 Å². The summed E-state index contributed by atoms with van der Waals surface area (Å²) in [6.45, 7) is 3.97. The van der Waals surface area contributed by atoms with E-state index in [4.69, 9.17) is 0 Å². The number of carboxylic acids is 1. The van der Waals surface area contributed by atoms with E-state index in [9.17, 15) is 9.90 Å². The zero-order valence-electron chi connectivity index (χ0n) is 12.4. The first-order valence-electron chi connectivity index (χ1n) is 7.69. The molecule has 0 spiro atoms. The molecule has 1 heterocycles. The number of carbonyl (C=O) groups is 1. The number of aromatic nitrogens is 2. The summed E-state index contributed by atoms with van der Waals surface area (Å²) in [5, 5.41) is 9.22. The summed E-state index contributed by atoms with van der Waals surface area (Å²) in [6.07, 6.45) is 10.1. The fraction of sp³-hybridized carbons (Fsp3) is 0.688. The Hall–Kier alpha value is -1.45. The predicted octanol–water partition coefficient (Wildman–Crippen LogP) is 4.13. The third-order valence-corrected chi connectivity index (χ3v) is 4.08. The lowest BCUT2D eigenvalue weighted by atomic mass is 9.90. The SMILES string of the molecule is CC(C)c1nc(C2CCCCCCC2)ncc1C(=O)O. The van der Waals surface area contributed by atoms with Crippen LogP contribution >= 0.6 is 0 Å². The number of nitrogens with zero attached hydrogens (tertiary/aromatic N) is 2. The van der Waals surface area contributed by atoms with Crippen LogP contribution in [0.15, 0.2) is 6.20 Å². The Bertz CT molecular complexity index is 464. The Balaban J connectivity index is 2.27. The van der Waals surface area contributed by atoms with Gasteiger partial charge in [-0.15, -0.1) is 0 Å². The second kappa shape index (κ2) is 6.82. The Labute approximate surface area is 120 Å². The van der Waals surface area contributed by atoms with Crippen molar-refractivity contribution in [2.75, 3.05) is 0 Å². The average molecular weight is 276 g/mol. The molecule has 0 bridgehead atoms. The number of rotatable bonds is 3. The van der Waals surface area contributed by atoms with Crippen LogP contribution in [-0.4, -0.2) is 21.0 Å². The topological polar surface area (TPSA) is 63.1 Å². The smallest absolute Gasteiger partial charge is 0.339 e. The van der Waals surface area contributed by atoms with Crippen molar-refractivity contribution in [3.05, 3.63) is 23.3 Å². The van der Waals surface area contributed by atoms with Crippen LogP contribution in [0.5, 0.6) is 0 Å². The lowest BCUT2D eigenvalue weighted by Crippen LogP contribution is -2.13. The molecule has 1 saturated carbocycles. The number of carboxylic acid groups (broad SMARTS) is 1. The molecule has 20 heavy (non-hydrogen) atoms. The van der Waals surface area contributed by atoms with Gasteiger partial charge in [0.1, 0.15) is 5.82 Å². The zero-order valence-corrected chi connectivity index (χ0v) is 12.4. The lowest BCUT2D eigenvalue weighted by Gasteiger charge is -2.20. The van der Waals surface area contributed by atoms with E-state index in [1.54, 1.807) is 0 Å². The molecule has 1 aromatic rings. The van der Waals surface area contributed by atoms with Gasteiger partial charge in [-0.2, -0.15) is 0 Å². The molecule has 1 N–H and O–H groups in total. The molecule has 0 amide bonds. The second-order valence-electron chi connectivity index (χ2n) is 6.03. The van der Waals surface area contributed by atoms with Gasteiger partial charge in [0.15, 0.2) is 0 Å². The largest absolute Gasteiger partial charge is 0.478 e. The molecule has 0 atom stereocenters. The van der Waals surface area contributed by atoms with E-state index < -0.39 is 5.97 Å². The lowest BCUT2D eigenvalue weighted by molar-refractivity contribution is 0.0694. The maximum atomic E-state index is 11.2. The quantitative estimate of drug-likeness (QED) is 0.901. The molecule has 1 aromatic heterocycles. The Morgan fingerprint density at radius 1 is 1.20 bits per heavy atom. The van der Waals surface area contributed by atoms with E-state index in [1.165, 1.54) is 38.3 Å². The third-order valence-electron chi connectivity index (χ3n) is 4.08. The summed E-state index contributed by atoms with van der Waals surface area (Å²) in [5.41, 5.74) is 0.916. The molecule has 0 aromatic carbocycles. The van der Waals surface area contributed by atoms with Gasteiger partial charge in [-0.25, -0.2) is 14.8 Å². The standard InChI is InChI=1S/C16H24N2O2/c1-11(2)14-13(16(19)20)10-17-15(18-14)12-8-6-4-3-5-7-9-12/h10-12H,3-9H2,1-2H3,(H,19,20). The summed E-state index contributed by atoms with van der Waals surface area (Å²) < 4.78 is 0. The molecule has 1 aliphatic carbocycles. The Morgan fingerprint density at radius 2 is 1.80 bits per heavy atom. The molecule has 4 nitrogen and oxygen atoms in total. The molecule has 2 rings (SSSR count). The van der Waals surface area contributed by atoms with Crippen LogP contribution in [0.1, 0.15) is 92.5 Å². The molecule has 1 fully saturated rings. The first-order chi connectivity index (χ1) is 9.59. The van der Waals surface area contributed by atoms with Crippen molar-refractivity contribution in [2.45, 2.75) is 70.6 Å². The Kier molecular flexibility index (Phi) is 5.10. The number of hydrogen-bond donors (Lipinski definition) is 1. The van der Waals surface area contributed by atoms with Crippen LogP contribution in [0.3, 0.4) is 0 Å². The minimum absolute atomic E-state index is 0.108. The minimum atomic E-state index is -0.932. The van der Waals surface area contributed by atoms with Crippen molar-refractivity contribution in [3.8, 4) is 0 Å². The first kappa shape index (κ1) is 14.9. The molecule has 0 radical (unpaired) electrons. The van der Waals surface area contributed by atoms with Gasteiger partial charge in [-0.1, -0.05) is 46.0 Å². The summed E-state index contributed by atoms with van der Waals surface area (Å²) in [6, 6.07) is 0. The van der Waals surface area contributed by atoms with Gasteiger partial charge >= 0.3 is 5.97 Å². The monoisotopic (exact) mass is 276 g/mol. The molecule has 1 aliphatic rings. The van der Waals surface area contributed by atoms with Gasteiger partial charge in [0, 0.05) is 12.1 Å². The van der Waals surface area contributed by atoms with Crippen molar-refractivity contribution >= 4 is 5.97 Å². The van der Waals surface area contributed by atoms with Gasteiger partial charge in [0.05, 0.1) is 11.3 Å². The highest BCUT2D eigenvalue weighted by atomic mass is 16.4. The number of hydrogen-bond acceptors (Lipinski definition) is 3. The summed E-state index contributed by atoms with van der Waals surface area (Å²) in [5.74, 6) is 0.422. The molecular formula is C16H24N2O2. The van der Waals surface area contributed by atoms with E-state index in [0.717, 1.165) is 18.7 Å². The van der Waals surface area contributed by atoms with E-state index in [-0.39, 0.29) is 11.5 Å². The second-order valence-corrected chi connectivity index (χ2v) is 6.03. The van der Waals surface area contributed by atoms with E-state index in [1.807, 2.05) is 13.8 Å². The highest BCUT2D eigenvalue weighted by Gasteiger charge is 2.21. The van der Waals surface area contributed by atoms with Crippen molar-refractivity contribution < 1.29 is 9.90 Å². The van der Waals surface area contributed by atoms with E-state index >= 15 is 0 Å². The summed E-state index contributed by atoms with van der Waals surface area (Å²) in [4.78, 5) is 20.2. The van der Waals surface area contributed by atoms with Gasteiger partial charge in [0.2, 0.25) is 0 Å². The minimum Gasteiger partial charge on any atom is -0.478 e. The highest BCUT2D eigenvalue weighted by Crippen LogP contribution is 2.30. The average Bonchev–Trinajstić information content (AvgIpc) is 2.37. The first-order valence-corrected chi connectivity index (χ1v) is 7.69. The van der Waals surface area contributed by atoms with Crippen molar-refractivity contribution in [2.24, 2.45) is 0 Å². The van der Waals surface area contributed by atoms with Crippen molar-refractivity contribution in [1.29, 1.82) is 0 Å². The molecule has 0 aliphatic heterocycles. The maximum Gasteiger partial charge on any atom is 0.339 e. The molecule has 110 valence electrons. The third kappa shape index (κ3) is 3.56. The molecular weight excluding hydrogens is 252 g/mol. The van der Waals surface area contributed by atoms with Crippen LogP contribution in [0, 0.1) is 0 Å². The molecule has 0 saturated heterocycles. The normalized spacial score (nSPS) is 17.8. The van der Waals surface area contributed by atoms with Crippen LogP contribution < -0.4 is 0 Å². The zero-order chi connectivity index (χ0) is 14.5. The van der Waals surface area contributed by atoms with Crippen LogP contribution in [0.25, 0.3) is 0 Å². The van der Waals surface area contributed by atoms with Crippen LogP contribution in [0.4, 0.5) is 0 Å². The Morgan fingerprint density at radius 3 is 2.35 bits per heavy atom. The maximum absolute atomic E-state index is 11.2. The van der Waals surface area contributed by atoms with Crippen LogP contribution in [0.2, 0.25) is 0 Å². The van der Waals surface area contributed by atoms with Crippen LogP contribution in [-0.2, 0) is 0 Å². The van der Waals surface area contributed by atoms with Gasteiger partial charge in [-0.3, -0.25) is 0 Å². The summed E-state index contributed by atoms with van der Waals surface area (Å²) in [7, 11) is 0. The van der Waals surface area contributed by atoms with Gasteiger partial charge < -0.3 is 5.11 Å². The predicted molar refractivity (Wildman–Crippen MR) is 78.1 cm³/mol. The number of aromatic carboxylic acids is 1. The molecule has 0 unspecified atom stereocenters. The van der Waals surface area contributed by atoms with E-state index in [2.05, 4.69) is 9.97 Å². The fourth-order valence-corrected chi connectivity index (χ4v) is 2.93. The molecule has 4 heteroatoms. The fourth-order valence-electron chi connectivity index (χ4n) is 2.93. The highest BCUT2D eigenvalue weighted by molar-refractivity contribution is 5.88.